The van der Waals surface area contributed by atoms with Gasteiger partial charge in [0, 0.05) is 20.1 Å². The number of fused-ring (bicyclic) bond motifs is 1. The molecule has 1 aliphatic rings. The molecular weight excluding hydrogens is 256 g/mol. The highest BCUT2D eigenvalue weighted by Gasteiger charge is 2.32. The van der Waals surface area contributed by atoms with Gasteiger partial charge in [-0.15, -0.1) is 0 Å². The molecule has 2 rings (SSSR count). The highest BCUT2D eigenvalue weighted by atomic mass is 16.5. The van der Waals surface area contributed by atoms with Crippen LogP contribution in [-0.4, -0.2) is 36.9 Å². The van der Waals surface area contributed by atoms with E-state index < -0.39 is 12.1 Å². The van der Waals surface area contributed by atoms with E-state index >= 15 is 0 Å². The summed E-state index contributed by atoms with van der Waals surface area (Å²) in [5.41, 5.74) is 7.92. The molecule has 0 saturated carbocycles. The van der Waals surface area contributed by atoms with Gasteiger partial charge in [0.1, 0.15) is 0 Å². The molecule has 1 unspecified atom stereocenters. The quantitative estimate of drug-likeness (QED) is 0.662. The average molecular weight is 278 g/mol. The molecule has 0 aromatic heterocycles. The summed E-state index contributed by atoms with van der Waals surface area (Å²) in [4.78, 5) is 12.1. The summed E-state index contributed by atoms with van der Waals surface area (Å²) < 4.78 is 4.94. The van der Waals surface area contributed by atoms with E-state index in [-0.39, 0.29) is 11.9 Å². The summed E-state index contributed by atoms with van der Waals surface area (Å²) in [5, 5.41) is 12.9. The predicted molar refractivity (Wildman–Crippen MR) is 76.1 cm³/mol. The molecule has 5 heteroatoms. The summed E-state index contributed by atoms with van der Waals surface area (Å²) in [7, 11) is 1.62. The van der Waals surface area contributed by atoms with Crippen LogP contribution in [0.3, 0.4) is 0 Å². The Morgan fingerprint density at radius 3 is 3.05 bits per heavy atom. The third-order valence-electron chi connectivity index (χ3n) is 3.70. The fourth-order valence-corrected chi connectivity index (χ4v) is 2.59. The van der Waals surface area contributed by atoms with Crippen molar-refractivity contribution < 1.29 is 14.6 Å². The number of hydrogen-bond donors (Lipinski definition) is 3. The van der Waals surface area contributed by atoms with Crippen molar-refractivity contribution in [2.24, 2.45) is 5.73 Å². The molecule has 0 fully saturated rings. The molecule has 3 atom stereocenters. The van der Waals surface area contributed by atoms with Gasteiger partial charge in [-0.2, -0.15) is 0 Å². The highest BCUT2D eigenvalue weighted by molar-refractivity contribution is 5.82. The smallest absolute Gasteiger partial charge is 0.237 e. The van der Waals surface area contributed by atoms with Crippen molar-refractivity contribution in [3.63, 3.8) is 0 Å². The maximum atomic E-state index is 12.1. The number of carbonyl (C=O) groups excluding carboxylic acids is 1. The van der Waals surface area contributed by atoms with Gasteiger partial charge < -0.3 is 20.9 Å². The number of benzene rings is 1. The maximum absolute atomic E-state index is 12.1. The Morgan fingerprint density at radius 2 is 2.30 bits per heavy atom. The second-order valence-corrected chi connectivity index (χ2v) is 5.20. The molecule has 20 heavy (non-hydrogen) atoms. The maximum Gasteiger partial charge on any atom is 0.237 e. The van der Waals surface area contributed by atoms with Crippen LogP contribution in [-0.2, 0) is 16.0 Å². The van der Waals surface area contributed by atoms with Gasteiger partial charge in [-0.05, 0) is 24.0 Å². The Morgan fingerprint density at radius 1 is 1.55 bits per heavy atom. The molecule has 0 spiro atoms. The van der Waals surface area contributed by atoms with Crippen molar-refractivity contribution in [1.82, 2.24) is 5.32 Å². The van der Waals surface area contributed by atoms with Crippen LogP contribution in [0.15, 0.2) is 24.3 Å². The number of amides is 1. The van der Waals surface area contributed by atoms with E-state index in [4.69, 9.17) is 10.5 Å². The van der Waals surface area contributed by atoms with E-state index in [1.165, 1.54) is 0 Å². The molecule has 0 bridgehead atoms. The lowest BCUT2D eigenvalue weighted by Crippen LogP contribution is -2.44. The summed E-state index contributed by atoms with van der Waals surface area (Å²) in [6.45, 7) is 0.593. The Kier molecular flexibility index (Phi) is 5.11. The largest absolute Gasteiger partial charge is 0.390 e. The van der Waals surface area contributed by atoms with E-state index in [2.05, 4.69) is 5.32 Å². The standard InChI is InChI=1S/C15H22N2O3/c1-20-8-4-7-12(16)15(19)17-14-11-6-3-2-5-10(11)9-13(14)18/h2-3,5-6,12-14,18H,4,7-9,16H2,1H3,(H,17,19)/t12?,13-,14+/m0/s1. The first-order valence-electron chi connectivity index (χ1n) is 6.94. The second kappa shape index (κ2) is 6.83. The molecular formula is C15H22N2O3. The van der Waals surface area contributed by atoms with Crippen LogP contribution in [0, 0.1) is 0 Å². The van der Waals surface area contributed by atoms with Crippen LogP contribution in [0.1, 0.15) is 30.0 Å². The fraction of sp³-hybridized carbons (Fsp3) is 0.533. The van der Waals surface area contributed by atoms with Crippen molar-refractivity contribution in [2.45, 2.75) is 37.5 Å². The predicted octanol–water partition coefficient (Wildman–Crippen LogP) is 0.515. The minimum Gasteiger partial charge on any atom is -0.390 e. The van der Waals surface area contributed by atoms with Crippen LogP contribution in [0.4, 0.5) is 0 Å². The Balaban J connectivity index is 1.94. The Bertz CT molecular complexity index is 464. The lowest BCUT2D eigenvalue weighted by Gasteiger charge is -2.20. The van der Waals surface area contributed by atoms with Crippen molar-refractivity contribution in [1.29, 1.82) is 0 Å². The number of carbonyl (C=O) groups is 1. The van der Waals surface area contributed by atoms with E-state index in [1.807, 2.05) is 24.3 Å². The minimum absolute atomic E-state index is 0.221. The third-order valence-corrected chi connectivity index (χ3v) is 3.70. The van der Waals surface area contributed by atoms with E-state index in [0.717, 1.165) is 17.5 Å². The number of aliphatic hydroxyl groups is 1. The molecule has 110 valence electrons. The lowest BCUT2D eigenvalue weighted by molar-refractivity contribution is -0.124. The van der Waals surface area contributed by atoms with Gasteiger partial charge in [-0.1, -0.05) is 24.3 Å². The van der Waals surface area contributed by atoms with Crippen LogP contribution >= 0.6 is 0 Å². The Hall–Kier alpha value is -1.43. The molecule has 0 radical (unpaired) electrons. The van der Waals surface area contributed by atoms with E-state index in [1.54, 1.807) is 7.11 Å². The number of nitrogens with one attached hydrogen (secondary N) is 1. The summed E-state index contributed by atoms with van der Waals surface area (Å²) >= 11 is 0. The molecule has 1 aromatic rings. The number of rotatable bonds is 6. The summed E-state index contributed by atoms with van der Waals surface area (Å²) in [5.74, 6) is -0.221. The zero-order valence-corrected chi connectivity index (χ0v) is 11.7. The third kappa shape index (κ3) is 3.36. The molecule has 0 heterocycles. The average Bonchev–Trinajstić information content (AvgIpc) is 2.75. The number of aliphatic hydroxyl groups excluding tert-OH is 1. The van der Waals surface area contributed by atoms with Gasteiger partial charge in [0.2, 0.25) is 5.91 Å². The minimum atomic E-state index is -0.581. The monoisotopic (exact) mass is 278 g/mol. The van der Waals surface area contributed by atoms with Gasteiger partial charge in [-0.25, -0.2) is 0 Å². The van der Waals surface area contributed by atoms with Crippen molar-refractivity contribution >= 4 is 5.91 Å². The van der Waals surface area contributed by atoms with Crippen molar-refractivity contribution in [2.75, 3.05) is 13.7 Å². The zero-order valence-electron chi connectivity index (χ0n) is 11.7. The van der Waals surface area contributed by atoms with Gasteiger partial charge in [0.05, 0.1) is 18.2 Å². The second-order valence-electron chi connectivity index (χ2n) is 5.20. The van der Waals surface area contributed by atoms with Crippen LogP contribution in [0.5, 0.6) is 0 Å². The van der Waals surface area contributed by atoms with Gasteiger partial charge >= 0.3 is 0 Å². The first-order valence-corrected chi connectivity index (χ1v) is 6.94. The van der Waals surface area contributed by atoms with Crippen molar-refractivity contribution in [3.05, 3.63) is 35.4 Å². The molecule has 0 aliphatic heterocycles. The van der Waals surface area contributed by atoms with Crippen LogP contribution in [0.25, 0.3) is 0 Å². The lowest BCUT2D eigenvalue weighted by atomic mass is 10.1. The topological polar surface area (TPSA) is 84.6 Å². The first-order chi connectivity index (χ1) is 9.63. The van der Waals surface area contributed by atoms with E-state index in [9.17, 15) is 9.90 Å². The van der Waals surface area contributed by atoms with Gasteiger partial charge in [0.25, 0.3) is 0 Å². The summed E-state index contributed by atoms with van der Waals surface area (Å²) in [6, 6.07) is 6.84. The first kappa shape index (κ1) is 15.0. The number of ether oxygens (including phenoxy) is 1. The molecule has 4 N–H and O–H groups in total. The molecule has 1 amide bonds. The van der Waals surface area contributed by atoms with Crippen LogP contribution < -0.4 is 11.1 Å². The SMILES string of the molecule is COCCCC(N)C(=O)N[C@@H]1c2ccccc2C[C@@H]1O. The molecule has 5 nitrogen and oxygen atoms in total. The highest BCUT2D eigenvalue weighted by Crippen LogP contribution is 2.31. The number of methoxy groups -OCH3 is 1. The van der Waals surface area contributed by atoms with Gasteiger partial charge in [-0.3, -0.25) is 4.79 Å². The van der Waals surface area contributed by atoms with E-state index in [0.29, 0.717) is 19.4 Å². The normalized spacial score (nSPS) is 22.4. The van der Waals surface area contributed by atoms with Crippen molar-refractivity contribution in [3.8, 4) is 0 Å². The number of hydrogen-bond acceptors (Lipinski definition) is 4. The zero-order chi connectivity index (χ0) is 14.5. The Labute approximate surface area is 119 Å². The fourth-order valence-electron chi connectivity index (χ4n) is 2.59. The molecule has 1 aromatic carbocycles. The van der Waals surface area contributed by atoms with Crippen LogP contribution in [0.2, 0.25) is 0 Å². The number of nitrogens with two attached hydrogens (primary N) is 1. The summed E-state index contributed by atoms with van der Waals surface area (Å²) in [6.07, 6.45) is 1.31. The van der Waals surface area contributed by atoms with Gasteiger partial charge in [0.15, 0.2) is 0 Å². The molecule has 0 saturated heterocycles. The molecule has 1 aliphatic carbocycles.